The lowest BCUT2D eigenvalue weighted by molar-refractivity contribution is -0.384. The molecule has 0 saturated heterocycles. The van der Waals surface area contributed by atoms with Crippen molar-refractivity contribution in [1.82, 2.24) is 4.98 Å². The minimum absolute atomic E-state index is 0.0110. The average Bonchev–Trinajstić information content (AvgIpc) is 2.34. The number of pyridine rings is 1. The second kappa shape index (κ2) is 6.78. The molecule has 0 aliphatic heterocycles. The summed E-state index contributed by atoms with van der Waals surface area (Å²) in [4.78, 5) is 24.6. The van der Waals surface area contributed by atoms with Gasteiger partial charge >= 0.3 is 11.7 Å². The van der Waals surface area contributed by atoms with E-state index in [0.29, 0.717) is 18.7 Å². The first-order valence-corrected chi connectivity index (χ1v) is 7.06. The van der Waals surface area contributed by atoms with Gasteiger partial charge in [0.15, 0.2) is 0 Å². The molecule has 2 N–H and O–H groups in total. The summed E-state index contributed by atoms with van der Waals surface area (Å²) in [6, 6.07) is 0.954. The Morgan fingerprint density at radius 1 is 1.63 bits per heavy atom. The van der Waals surface area contributed by atoms with E-state index in [-0.39, 0.29) is 11.4 Å². The molecule has 1 rings (SSSR count). The summed E-state index contributed by atoms with van der Waals surface area (Å²) in [6.07, 6.45) is 3.20. The predicted molar refractivity (Wildman–Crippen MR) is 69.9 cm³/mol. The van der Waals surface area contributed by atoms with Crippen molar-refractivity contribution >= 4 is 28.3 Å². The molecule has 0 spiro atoms. The number of rotatable bonds is 7. The summed E-state index contributed by atoms with van der Waals surface area (Å²) in [5.41, 5.74) is -0.635. The van der Waals surface area contributed by atoms with Crippen LogP contribution in [0.5, 0.6) is 0 Å². The van der Waals surface area contributed by atoms with Gasteiger partial charge in [-0.3, -0.25) is 14.3 Å². The number of aromatic carboxylic acids is 1. The molecule has 1 aromatic rings. The van der Waals surface area contributed by atoms with Crippen LogP contribution in [0, 0.1) is 10.1 Å². The second-order valence-electron chi connectivity index (χ2n) is 3.71. The summed E-state index contributed by atoms with van der Waals surface area (Å²) < 4.78 is 10.8. The van der Waals surface area contributed by atoms with E-state index in [0.717, 1.165) is 12.3 Å². The molecule has 0 aliphatic carbocycles. The molecule has 1 unspecified atom stereocenters. The molecule has 0 aliphatic rings. The van der Waals surface area contributed by atoms with E-state index >= 15 is 0 Å². The number of carboxylic acid groups (broad SMARTS) is 1. The Morgan fingerprint density at radius 2 is 2.32 bits per heavy atom. The third kappa shape index (κ3) is 4.62. The highest BCUT2D eigenvalue weighted by atomic mass is 32.2. The van der Waals surface area contributed by atoms with Crippen molar-refractivity contribution in [3.8, 4) is 0 Å². The van der Waals surface area contributed by atoms with Gasteiger partial charge in [-0.25, -0.2) is 9.78 Å². The smallest absolute Gasteiger partial charge is 0.337 e. The van der Waals surface area contributed by atoms with Gasteiger partial charge in [0, 0.05) is 41.6 Å². The Hall–Kier alpha value is -2.03. The lowest BCUT2D eigenvalue weighted by atomic mass is 10.2. The van der Waals surface area contributed by atoms with Crippen LogP contribution in [0.1, 0.15) is 16.8 Å². The van der Waals surface area contributed by atoms with Crippen LogP contribution in [-0.2, 0) is 10.8 Å². The normalized spacial score (nSPS) is 11.8. The summed E-state index contributed by atoms with van der Waals surface area (Å²) in [6.45, 7) is 0.375. The summed E-state index contributed by atoms with van der Waals surface area (Å²) >= 11 is 0. The van der Waals surface area contributed by atoms with Crippen LogP contribution in [0.15, 0.2) is 12.3 Å². The van der Waals surface area contributed by atoms with E-state index in [1.165, 1.54) is 0 Å². The van der Waals surface area contributed by atoms with Crippen LogP contribution in [0.4, 0.5) is 11.5 Å². The number of carbonyl (C=O) groups is 1. The standard InChI is InChI=1S/C10H13N3O5S/c1-19(18)4-2-3-11-9-8(13(16)17)5-7(6-12-9)10(14)15/h5-6H,2-4H2,1H3,(H,11,12)(H,14,15). The average molecular weight is 287 g/mol. The van der Waals surface area contributed by atoms with E-state index in [9.17, 15) is 19.1 Å². The van der Waals surface area contributed by atoms with Crippen molar-refractivity contribution in [2.24, 2.45) is 0 Å². The van der Waals surface area contributed by atoms with Crippen LogP contribution in [0.25, 0.3) is 0 Å². The van der Waals surface area contributed by atoms with Gasteiger partial charge in [-0.1, -0.05) is 0 Å². The molecule has 1 heterocycles. The van der Waals surface area contributed by atoms with E-state index in [1.54, 1.807) is 6.26 Å². The number of hydrogen-bond acceptors (Lipinski definition) is 6. The molecule has 0 bridgehead atoms. The van der Waals surface area contributed by atoms with E-state index in [1.807, 2.05) is 0 Å². The van der Waals surface area contributed by atoms with Crippen molar-refractivity contribution < 1.29 is 19.0 Å². The van der Waals surface area contributed by atoms with Crippen LogP contribution in [-0.4, -0.2) is 43.7 Å². The molecule has 0 radical (unpaired) electrons. The van der Waals surface area contributed by atoms with Gasteiger partial charge < -0.3 is 10.4 Å². The summed E-state index contributed by atoms with van der Waals surface area (Å²) in [5.74, 6) is -0.783. The van der Waals surface area contributed by atoms with Crippen LogP contribution in [0.3, 0.4) is 0 Å². The third-order valence-electron chi connectivity index (χ3n) is 2.21. The van der Waals surface area contributed by atoms with E-state index in [4.69, 9.17) is 5.11 Å². The molecule has 0 amide bonds. The van der Waals surface area contributed by atoms with Crippen molar-refractivity contribution in [2.75, 3.05) is 23.9 Å². The fraction of sp³-hybridized carbons (Fsp3) is 0.400. The van der Waals surface area contributed by atoms with Gasteiger partial charge in [-0.15, -0.1) is 0 Å². The zero-order valence-corrected chi connectivity index (χ0v) is 11.0. The number of carboxylic acids is 1. The Balaban J connectivity index is 2.79. The third-order valence-corrected chi connectivity index (χ3v) is 3.08. The number of nitrogens with one attached hydrogen (secondary N) is 1. The van der Waals surface area contributed by atoms with Gasteiger partial charge in [-0.2, -0.15) is 0 Å². The summed E-state index contributed by atoms with van der Waals surface area (Å²) in [7, 11) is -0.919. The molecule has 104 valence electrons. The molecule has 8 nitrogen and oxygen atoms in total. The lowest BCUT2D eigenvalue weighted by Crippen LogP contribution is -2.10. The maximum absolute atomic E-state index is 10.8. The highest BCUT2D eigenvalue weighted by molar-refractivity contribution is 7.84. The van der Waals surface area contributed by atoms with Crippen molar-refractivity contribution in [3.05, 3.63) is 27.9 Å². The van der Waals surface area contributed by atoms with Gasteiger partial charge in [0.2, 0.25) is 5.82 Å². The van der Waals surface area contributed by atoms with Crippen molar-refractivity contribution in [3.63, 3.8) is 0 Å². The molecular formula is C10H13N3O5S. The zero-order chi connectivity index (χ0) is 14.4. The quantitative estimate of drug-likeness (QED) is 0.433. The number of aromatic nitrogens is 1. The second-order valence-corrected chi connectivity index (χ2v) is 5.27. The van der Waals surface area contributed by atoms with E-state index < -0.39 is 27.4 Å². The first-order valence-electron chi connectivity index (χ1n) is 5.33. The van der Waals surface area contributed by atoms with E-state index in [2.05, 4.69) is 10.3 Å². The molecular weight excluding hydrogens is 274 g/mol. The Labute approximate surface area is 111 Å². The number of anilines is 1. The molecule has 1 atom stereocenters. The highest BCUT2D eigenvalue weighted by Crippen LogP contribution is 2.22. The Morgan fingerprint density at radius 3 is 2.84 bits per heavy atom. The monoisotopic (exact) mass is 287 g/mol. The number of nitro groups is 1. The molecule has 9 heteroatoms. The fourth-order valence-electron chi connectivity index (χ4n) is 1.33. The van der Waals surface area contributed by atoms with Gasteiger partial charge in [0.05, 0.1) is 10.5 Å². The molecule has 0 saturated carbocycles. The van der Waals surface area contributed by atoms with Crippen LogP contribution < -0.4 is 5.32 Å². The van der Waals surface area contributed by atoms with Gasteiger partial charge in [-0.05, 0) is 6.42 Å². The fourth-order valence-corrected chi connectivity index (χ4v) is 1.88. The van der Waals surface area contributed by atoms with Gasteiger partial charge in [0.25, 0.3) is 0 Å². The predicted octanol–water partition coefficient (Wildman–Crippen LogP) is 0.868. The van der Waals surface area contributed by atoms with Crippen LogP contribution >= 0.6 is 0 Å². The van der Waals surface area contributed by atoms with Crippen LogP contribution in [0.2, 0.25) is 0 Å². The van der Waals surface area contributed by atoms with Crippen molar-refractivity contribution in [2.45, 2.75) is 6.42 Å². The number of hydrogen-bond donors (Lipinski definition) is 2. The lowest BCUT2D eigenvalue weighted by Gasteiger charge is -2.06. The first-order chi connectivity index (χ1) is 8.91. The Kier molecular flexibility index (Phi) is 5.37. The maximum atomic E-state index is 10.8. The molecule has 1 aromatic heterocycles. The highest BCUT2D eigenvalue weighted by Gasteiger charge is 2.18. The molecule has 19 heavy (non-hydrogen) atoms. The SMILES string of the molecule is CS(=O)CCCNc1ncc(C(=O)O)cc1[N+](=O)[O-]. The maximum Gasteiger partial charge on any atom is 0.337 e. The Bertz CT molecular complexity index is 520. The minimum Gasteiger partial charge on any atom is -0.478 e. The van der Waals surface area contributed by atoms with Crippen molar-refractivity contribution in [1.29, 1.82) is 0 Å². The summed E-state index contributed by atoms with van der Waals surface area (Å²) in [5, 5.41) is 22.3. The number of nitrogens with zero attached hydrogens (tertiary/aromatic N) is 2. The topological polar surface area (TPSA) is 122 Å². The van der Waals surface area contributed by atoms with Gasteiger partial charge in [0.1, 0.15) is 0 Å². The largest absolute Gasteiger partial charge is 0.478 e. The molecule has 0 aromatic carbocycles. The zero-order valence-electron chi connectivity index (χ0n) is 10.2. The minimum atomic E-state index is -1.27. The first kappa shape index (κ1) is 15.0. The molecule has 0 fully saturated rings.